The third-order valence-electron chi connectivity index (χ3n) is 5.59. The van der Waals surface area contributed by atoms with E-state index in [2.05, 4.69) is 9.97 Å². The lowest BCUT2D eigenvalue weighted by Crippen LogP contribution is -2.29. The molecule has 170 valence electrons. The number of rotatable bonds is 5. The van der Waals surface area contributed by atoms with E-state index in [4.69, 9.17) is 14.9 Å². The van der Waals surface area contributed by atoms with Crippen molar-refractivity contribution in [2.75, 3.05) is 20.2 Å². The maximum absolute atomic E-state index is 13.2. The van der Waals surface area contributed by atoms with Crippen molar-refractivity contribution < 1.29 is 27.1 Å². The average Bonchev–Trinajstić information content (AvgIpc) is 3.47. The van der Waals surface area contributed by atoms with Crippen molar-refractivity contribution in [3.05, 3.63) is 41.4 Å². The second-order valence-corrected chi connectivity index (χ2v) is 7.65. The summed E-state index contributed by atoms with van der Waals surface area (Å²) >= 11 is 0. The first kappa shape index (κ1) is 22.1. The van der Waals surface area contributed by atoms with Gasteiger partial charge in [-0.2, -0.15) is 13.2 Å². The zero-order valence-corrected chi connectivity index (χ0v) is 17.7. The largest absolute Gasteiger partial charge is 0.494 e. The summed E-state index contributed by atoms with van der Waals surface area (Å²) in [6.45, 7) is 3.14. The number of hydrogen-bond donors (Lipinski definition) is 1. The highest BCUT2D eigenvalue weighted by atomic mass is 19.4. The molecule has 0 aliphatic carbocycles. The van der Waals surface area contributed by atoms with Crippen LogP contribution in [-0.4, -0.2) is 41.0 Å². The van der Waals surface area contributed by atoms with E-state index in [9.17, 15) is 18.0 Å². The van der Waals surface area contributed by atoms with Gasteiger partial charge in [0.25, 0.3) is 5.91 Å². The van der Waals surface area contributed by atoms with Crippen LogP contribution in [0.25, 0.3) is 22.4 Å². The number of amides is 1. The van der Waals surface area contributed by atoms with Gasteiger partial charge in [0.15, 0.2) is 11.5 Å². The molecule has 1 aliphatic heterocycles. The van der Waals surface area contributed by atoms with Gasteiger partial charge in [0, 0.05) is 24.0 Å². The van der Waals surface area contributed by atoms with Crippen molar-refractivity contribution in [2.24, 2.45) is 5.73 Å². The molecule has 1 amide bonds. The summed E-state index contributed by atoms with van der Waals surface area (Å²) in [5, 5.41) is 0.357. The standard InChI is InChI=1S/C22H23F3N4O3/c1-3-14(26)19-18(21(30)29-10-4-5-11-29)28-20(32-19)13-6-8-15(31-2)17-12(13)7-9-16(27-17)22(23,24)25/h6-9,14H,3-5,10-11,26H2,1-2H3/t14-/m0/s1. The Morgan fingerprint density at radius 2 is 1.94 bits per heavy atom. The molecule has 0 saturated carbocycles. The lowest BCUT2D eigenvalue weighted by molar-refractivity contribution is -0.140. The fourth-order valence-corrected chi connectivity index (χ4v) is 3.81. The first-order valence-corrected chi connectivity index (χ1v) is 10.4. The summed E-state index contributed by atoms with van der Waals surface area (Å²) in [5.74, 6) is 0.288. The van der Waals surface area contributed by atoms with Crippen molar-refractivity contribution in [1.29, 1.82) is 0 Å². The number of nitrogens with zero attached hydrogens (tertiary/aromatic N) is 3. The van der Waals surface area contributed by atoms with Gasteiger partial charge in [0.1, 0.15) is 17.0 Å². The number of oxazole rings is 1. The van der Waals surface area contributed by atoms with Crippen LogP contribution in [0.3, 0.4) is 0 Å². The van der Waals surface area contributed by atoms with Crippen LogP contribution >= 0.6 is 0 Å². The summed E-state index contributed by atoms with van der Waals surface area (Å²) in [4.78, 5) is 23.0. The molecule has 7 nitrogen and oxygen atoms in total. The van der Waals surface area contributed by atoms with Gasteiger partial charge < -0.3 is 19.8 Å². The highest BCUT2D eigenvalue weighted by Gasteiger charge is 2.34. The van der Waals surface area contributed by atoms with E-state index < -0.39 is 17.9 Å². The number of fused-ring (bicyclic) bond motifs is 1. The Morgan fingerprint density at radius 3 is 2.56 bits per heavy atom. The number of benzene rings is 1. The number of pyridine rings is 1. The molecule has 1 fully saturated rings. The minimum absolute atomic E-state index is 0.0202. The molecule has 4 rings (SSSR count). The zero-order chi connectivity index (χ0) is 23.0. The van der Waals surface area contributed by atoms with E-state index in [1.54, 1.807) is 11.0 Å². The maximum atomic E-state index is 13.2. The van der Waals surface area contributed by atoms with Crippen LogP contribution in [0.2, 0.25) is 0 Å². The van der Waals surface area contributed by atoms with Crippen molar-refractivity contribution in [2.45, 2.75) is 38.4 Å². The second-order valence-electron chi connectivity index (χ2n) is 7.65. The molecule has 10 heteroatoms. The predicted molar refractivity (Wildman–Crippen MR) is 111 cm³/mol. The molecule has 2 aromatic heterocycles. The molecule has 0 unspecified atom stereocenters. The Balaban J connectivity index is 1.87. The minimum atomic E-state index is -4.60. The molecule has 0 spiro atoms. The quantitative estimate of drug-likeness (QED) is 0.615. The van der Waals surface area contributed by atoms with Crippen LogP contribution in [0.1, 0.15) is 54.2 Å². The number of methoxy groups -OCH3 is 1. The van der Waals surface area contributed by atoms with Gasteiger partial charge in [-0.25, -0.2) is 9.97 Å². The van der Waals surface area contributed by atoms with Crippen LogP contribution in [0.5, 0.6) is 5.75 Å². The molecule has 3 aromatic rings. The first-order valence-electron chi connectivity index (χ1n) is 10.4. The molecule has 0 radical (unpaired) electrons. The molecule has 1 atom stereocenters. The Kier molecular flexibility index (Phi) is 5.81. The Hall–Kier alpha value is -3.14. The number of aromatic nitrogens is 2. The lowest BCUT2D eigenvalue weighted by atomic mass is 10.1. The van der Waals surface area contributed by atoms with Gasteiger partial charge in [-0.15, -0.1) is 0 Å². The Labute approximate surface area is 182 Å². The van der Waals surface area contributed by atoms with Gasteiger partial charge in [0.05, 0.1) is 13.2 Å². The molecule has 1 aliphatic rings. The van der Waals surface area contributed by atoms with Crippen LogP contribution in [0.4, 0.5) is 13.2 Å². The Bertz CT molecular complexity index is 1150. The molecule has 1 saturated heterocycles. The normalized spacial score (nSPS) is 15.4. The third kappa shape index (κ3) is 3.90. The summed E-state index contributed by atoms with van der Waals surface area (Å²) in [7, 11) is 1.35. The molecule has 32 heavy (non-hydrogen) atoms. The minimum Gasteiger partial charge on any atom is -0.494 e. The summed E-state index contributed by atoms with van der Waals surface area (Å²) in [6, 6.07) is 4.76. The summed E-state index contributed by atoms with van der Waals surface area (Å²) in [5.41, 5.74) is 5.71. The fraction of sp³-hybridized carbons (Fsp3) is 0.409. The van der Waals surface area contributed by atoms with E-state index in [0.717, 1.165) is 18.9 Å². The SMILES string of the molecule is CC[C@H](N)c1oc(-c2ccc(OC)c3nc(C(F)(F)F)ccc23)nc1C(=O)N1CCCC1. The number of likely N-dealkylation sites (tertiary alicyclic amines) is 1. The number of nitrogens with two attached hydrogens (primary N) is 1. The van der Waals surface area contributed by atoms with Crippen molar-refractivity contribution in [1.82, 2.24) is 14.9 Å². The van der Waals surface area contributed by atoms with Crippen LogP contribution in [0.15, 0.2) is 28.7 Å². The number of hydrogen-bond acceptors (Lipinski definition) is 6. The van der Waals surface area contributed by atoms with E-state index in [1.807, 2.05) is 6.92 Å². The number of halogens is 3. The molecule has 1 aromatic carbocycles. The van der Waals surface area contributed by atoms with Gasteiger partial charge in [-0.05, 0) is 43.5 Å². The lowest BCUT2D eigenvalue weighted by Gasteiger charge is -2.15. The third-order valence-corrected chi connectivity index (χ3v) is 5.59. The van der Waals surface area contributed by atoms with Crippen LogP contribution < -0.4 is 10.5 Å². The van der Waals surface area contributed by atoms with Gasteiger partial charge in [-0.3, -0.25) is 4.79 Å². The van der Waals surface area contributed by atoms with E-state index in [-0.39, 0.29) is 34.5 Å². The van der Waals surface area contributed by atoms with E-state index in [1.165, 1.54) is 19.2 Å². The first-order chi connectivity index (χ1) is 15.2. The number of carbonyl (C=O) groups excluding carboxylic acids is 1. The van der Waals surface area contributed by atoms with Crippen molar-refractivity contribution >= 4 is 16.8 Å². The van der Waals surface area contributed by atoms with Crippen LogP contribution in [0, 0.1) is 0 Å². The highest BCUT2D eigenvalue weighted by Crippen LogP contribution is 2.37. The molecule has 2 N–H and O–H groups in total. The van der Waals surface area contributed by atoms with Gasteiger partial charge in [-0.1, -0.05) is 6.92 Å². The smallest absolute Gasteiger partial charge is 0.433 e. The summed E-state index contributed by atoms with van der Waals surface area (Å²) < 4.78 is 50.8. The monoisotopic (exact) mass is 448 g/mol. The van der Waals surface area contributed by atoms with E-state index >= 15 is 0 Å². The van der Waals surface area contributed by atoms with Gasteiger partial charge in [0.2, 0.25) is 5.89 Å². The molecular weight excluding hydrogens is 425 g/mol. The second kappa shape index (κ2) is 8.42. The van der Waals surface area contributed by atoms with Crippen molar-refractivity contribution in [3.8, 4) is 17.2 Å². The predicted octanol–water partition coefficient (Wildman–Crippen LogP) is 4.56. The zero-order valence-electron chi connectivity index (χ0n) is 17.7. The number of ether oxygens (including phenoxy) is 1. The number of alkyl halides is 3. The molecular formula is C22H23F3N4O3. The molecule has 0 bridgehead atoms. The van der Waals surface area contributed by atoms with Crippen molar-refractivity contribution in [3.63, 3.8) is 0 Å². The fourth-order valence-electron chi connectivity index (χ4n) is 3.81. The molecule has 3 heterocycles. The highest BCUT2D eigenvalue weighted by molar-refractivity contribution is 5.98. The summed E-state index contributed by atoms with van der Waals surface area (Å²) in [6.07, 6.45) is -2.24. The topological polar surface area (TPSA) is 94.5 Å². The maximum Gasteiger partial charge on any atom is 0.433 e. The average molecular weight is 448 g/mol. The Morgan fingerprint density at radius 1 is 1.22 bits per heavy atom. The van der Waals surface area contributed by atoms with E-state index in [0.29, 0.717) is 30.5 Å². The number of carbonyl (C=O) groups is 1. The van der Waals surface area contributed by atoms with Gasteiger partial charge >= 0.3 is 6.18 Å². The van der Waals surface area contributed by atoms with Crippen LogP contribution in [-0.2, 0) is 6.18 Å².